The van der Waals surface area contributed by atoms with Crippen molar-refractivity contribution in [1.29, 1.82) is 0 Å². The molecule has 1 aromatic heterocycles. The maximum atomic E-state index is 12.4. The van der Waals surface area contributed by atoms with Crippen LogP contribution >= 0.6 is 0 Å². The quantitative estimate of drug-likeness (QED) is 0.405. The number of rotatable bonds is 5. The first-order valence-electron chi connectivity index (χ1n) is 10.5. The predicted octanol–water partition coefficient (Wildman–Crippen LogP) is -0.518. The number of carboxylic acids is 1. The van der Waals surface area contributed by atoms with Crippen LogP contribution in [0.5, 0.6) is 0 Å². The number of pyridine rings is 1. The van der Waals surface area contributed by atoms with Crippen LogP contribution in [-0.4, -0.2) is 39.0 Å². The number of hydrogen-bond donors (Lipinski definition) is 1. The molecule has 3 atom stereocenters. The Kier molecular flexibility index (Phi) is 7.00. The molecule has 0 spiro atoms. The van der Waals surface area contributed by atoms with Gasteiger partial charge in [-0.3, -0.25) is 9.78 Å². The predicted molar refractivity (Wildman–Crippen MR) is 119 cm³/mol. The van der Waals surface area contributed by atoms with Crippen molar-refractivity contribution < 1.29 is 71.2 Å². The van der Waals surface area contributed by atoms with Crippen LogP contribution in [0.15, 0.2) is 66.5 Å². The molecule has 1 amide bonds. The number of aliphatic hydroxyl groups excluding tert-OH is 1. The fraction of sp³-hybridized carbons (Fsp3) is 0.192. The third-order valence-electron chi connectivity index (χ3n) is 6.27. The summed E-state index contributed by atoms with van der Waals surface area (Å²) in [4.78, 5) is 29.8. The summed E-state index contributed by atoms with van der Waals surface area (Å²) >= 11 is 0. The van der Waals surface area contributed by atoms with Gasteiger partial charge in [-0.15, -0.1) is 0 Å². The molecule has 0 bridgehead atoms. The van der Waals surface area contributed by atoms with Gasteiger partial charge in [-0.05, 0) is 71.2 Å². The zero-order chi connectivity index (χ0) is 22.4. The molecule has 0 unspecified atom stereocenters. The Labute approximate surface area is 234 Å². The number of fused-ring (bicyclic) bond motifs is 2. The van der Waals surface area contributed by atoms with Crippen LogP contribution < -0.4 is 56.5 Å². The Balaban J connectivity index is 0.00000259. The molecule has 0 radical (unpaired) electrons. The zero-order valence-corrected chi connectivity index (χ0v) is 21.6. The second-order valence-electron chi connectivity index (χ2n) is 8.27. The molecule has 160 valence electrons. The number of nitrogens with zero attached hydrogens (tertiary/aromatic N) is 2. The molecule has 2 aromatic carbocycles. The molecule has 3 heterocycles. The standard InChI is InChI=1S/C26H22N2O4.K/c1-15(29)23-22-14-21(24(26(31)32)28(22)25(23)30)19-9-8-17-12-16(5-7-18(17)13-19)6-10-20-4-2-3-11-27-20;/h2-13,15,22-23,29H,14H2,1H3,(H,31,32);/q;+1/p-1/b10-6+;/t15-,22-,23-;/m1./s1. The van der Waals surface area contributed by atoms with Crippen LogP contribution in [0.1, 0.15) is 30.2 Å². The number of carboxylic acid groups (broad SMARTS) is 1. The fourth-order valence-corrected chi connectivity index (χ4v) is 4.73. The third-order valence-corrected chi connectivity index (χ3v) is 6.27. The fourth-order valence-electron chi connectivity index (χ4n) is 4.73. The van der Waals surface area contributed by atoms with Gasteiger partial charge in [-0.2, -0.15) is 0 Å². The number of benzene rings is 2. The van der Waals surface area contributed by atoms with E-state index in [9.17, 15) is 19.8 Å². The first kappa shape index (κ1) is 24.0. The number of carbonyl (C=O) groups excluding carboxylic acids is 2. The van der Waals surface area contributed by atoms with E-state index in [4.69, 9.17) is 0 Å². The first-order chi connectivity index (χ1) is 15.4. The maximum absolute atomic E-state index is 12.4. The molecule has 0 aliphatic carbocycles. The van der Waals surface area contributed by atoms with E-state index in [1.807, 2.05) is 60.7 Å². The smallest absolute Gasteiger partial charge is 0.543 e. The molecule has 3 aromatic rings. The molecule has 1 saturated heterocycles. The van der Waals surface area contributed by atoms with Crippen molar-refractivity contribution in [3.05, 3.63) is 83.3 Å². The number of carbonyl (C=O) groups is 2. The van der Waals surface area contributed by atoms with Gasteiger partial charge in [-0.1, -0.05) is 36.4 Å². The van der Waals surface area contributed by atoms with Crippen LogP contribution in [0, 0.1) is 5.92 Å². The van der Waals surface area contributed by atoms with E-state index in [0.717, 1.165) is 27.6 Å². The van der Waals surface area contributed by atoms with Gasteiger partial charge in [0.1, 0.15) is 0 Å². The van der Waals surface area contributed by atoms with Gasteiger partial charge in [0.2, 0.25) is 5.91 Å². The summed E-state index contributed by atoms with van der Waals surface area (Å²) in [6, 6.07) is 17.2. The van der Waals surface area contributed by atoms with Crippen LogP contribution in [0.4, 0.5) is 0 Å². The molecule has 2 aliphatic heterocycles. The van der Waals surface area contributed by atoms with Crippen molar-refractivity contribution in [3.8, 4) is 0 Å². The van der Waals surface area contributed by atoms with Crippen LogP contribution in [0.2, 0.25) is 0 Å². The Morgan fingerprint density at radius 3 is 2.61 bits per heavy atom. The average molecular weight is 465 g/mol. The van der Waals surface area contributed by atoms with E-state index < -0.39 is 18.0 Å². The largest absolute Gasteiger partial charge is 1.00 e. The number of aromatic nitrogens is 1. The van der Waals surface area contributed by atoms with E-state index in [1.165, 1.54) is 4.90 Å². The molecule has 5 rings (SSSR count). The summed E-state index contributed by atoms with van der Waals surface area (Å²) in [6.07, 6.45) is 5.27. The Morgan fingerprint density at radius 2 is 1.91 bits per heavy atom. The number of amides is 1. The summed E-state index contributed by atoms with van der Waals surface area (Å²) in [6.45, 7) is 1.56. The second kappa shape index (κ2) is 9.62. The zero-order valence-electron chi connectivity index (χ0n) is 18.4. The number of hydrogen-bond acceptors (Lipinski definition) is 5. The van der Waals surface area contributed by atoms with Crippen molar-refractivity contribution in [3.63, 3.8) is 0 Å². The van der Waals surface area contributed by atoms with Gasteiger partial charge < -0.3 is 19.9 Å². The van der Waals surface area contributed by atoms with Crippen molar-refractivity contribution in [2.75, 3.05) is 0 Å². The SMILES string of the molecule is C[C@@H](O)[C@H]1C(=O)N2C(C(=O)[O-])=C(c3ccc4cc(/C=C/c5ccccn5)ccc4c3)C[C@H]12.[K+]. The van der Waals surface area contributed by atoms with Gasteiger partial charge in [0.15, 0.2) is 0 Å². The first-order valence-corrected chi connectivity index (χ1v) is 10.5. The van der Waals surface area contributed by atoms with E-state index in [-0.39, 0.29) is 69.0 Å². The van der Waals surface area contributed by atoms with Crippen molar-refractivity contribution >= 4 is 40.4 Å². The molecule has 1 N–H and O–H groups in total. The van der Waals surface area contributed by atoms with Crippen molar-refractivity contribution in [2.24, 2.45) is 5.92 Å². The van der Waals surface area contributed by atoms with E-state index in [1.54, 1.807) is 13.1 Å². The minimum Gasteiger partial charge on any atom is -0.543 e. The minimum absolute atomic E-state index is 0. The van der Waals surface area contributed by atoms with Gasteiger partial charge in [0, 0.05) is 6.20 Å². The van der Waals surface area contributed by atoms with E-state index in [2.05, 4.69) is 11.1 Å². The van der Waals surface area contributed by atoms with Crippen LogP contribution in [0.25, 0.3) is 28.5 Å². The van der Waals surface area contributed by atoms with Gasteiger partial charge in [-0.25, -0.2) is 0 Å². The third kappa shape index (κ3) is 4.37. The minimum atomic E-state index is -1.37. The molecule has 7 heteroatoms. The molecule has 33 heavy (non-hydrogen) atoms. The number of β-lactam (4-membered cyclic amide) rings is 1. The van der Waals surface area contributed by atoms with Crippen molar-refractivity contribution in [2.45, 2.75) is 25.5 Å². The summed E-state index contributed by atoms with van der Waals surface area (Å²) in [7, 11) is 0. The Hall–Kier alpha value is -2.13. The number of aliphatic hydroxyl groups is 1. The monoisotopic (exact) mass is 464 g/mol. The average Bonchev–Trinajstić information content (AvgIpc) is 3.13. The summed E-state index contributed by atoms with van der Waals surface area (Å²) in [5, 5.41) is 23.8. The number of aliphatic carboxylic acids is 1. The van der Waals surface area contributed by atoms with E-state index >= 15 is 0 Å². The van der Waals surface area contributed by atoms with Crippen LogP contribution in [-0.2, 0) is 9.59 Å². The summed E-state index contributed by atoms with van der Waals surface area (Å²) < 4.78 is 0. The second-order valence-corrected chi connectivity index (χ2v) is 8.27. The summed E-state index contributed by atoms with van der Waals surface area (Å²) in [5.74, 6) is -2.30. The summed E-state index contributed by atoms with van der Waals surface area (Å²) in [5.41, 5.74) is 3.15. The van der Waals surface area contributed by atoms with Gasteiger partial charge in [0.25, 0.3) is 0 Å². The van der Waals surface area contributed by atoms with Crippen molar-refractivity contribution in [1.82, 2.24) is 9.88 Å². The molecular weight excluding hydrogens is 443 g/mol. The molecule has 2 aliphatic rings. The topological polar surface area (TPSA) is 93.6 Å². The van der Waals surface area contributed by atoms with Gasteiger partial charge >= 0.3 is 51.4 Å². The van der Waals surface area contributed by atoms with Gasteiger partial charge in [0.05, 0.1) is 35.4 Å². The molecular formula is C26H21KN2O4. The van der Waals surface area contributed by atoms with Crippen LogP contribution in [0.3, 0.4) is 0 Å². The molecule has 0 saturated carbocycles. The Morgan fingerprint density at radius 1 is 1.15 bits per heavy atom. The van der Waals surface area contributed by atoms with E-state index in [0.29, 0.717) is 12.0 Å². The normalized spacial score (nSPS) is 20.5. The molecule has 6 nitrogen and oxygen atoms in total. The maximum Gasteiger partial charge on any atom is 1.00 e. The Bertz CT molecular complexity index is 1300. The molecule has 1 fully saturated rings.